The fourth-order valence-corrected chi connectivity index (χ4v) is 3.96. The molecule has 1 fully saturated rings. The van der Waals surface area contributed by atoms with Crippen molar-refractivity contribution in [1.82, 2.24) is 4.90 Å². The van der Waals surface area contributed by atoms with Crippen LogP contribution in [0.1, 0.15) is 25.3 Å². The van der Waals surface area contributed by atoms with Gasteiger partial charge in [-0.1, -0.05) is 0 Å². The van der Waals surface area contributed by atoms with Gasteiger partial charge in [-0.05, 0) is 73.9 Å². The maximum atomic E-state index is 5.88. The lowest BCUT2D eigenvalue weighted by Crippen LogP contribution is -2.39. The molecule has 7 nitrogen and oxygen atoms in total. The second kappa shape index (κ2) is 11.8. The quantitative estimate of drug-likeness (QED) is 0.521. The fourth-order valence-electron chi connectivity index (χ4n) is 3.70. The Kier molecular flexibility index (Phi) is 8.81. The molecule has 32 heavy (non-hydrogen) atoms. The topological polar surface area (TPSA) is 61.4 Å². The molecule has 2 aromatic carbocycles. The van der Waals surface area contributed by atoms with Crippen molar-refractivity contribution in [3.8, 4) is 23.0 Å². The summed E-state index contributed by atoms with van der Waals surface area (Å²) in [7, 11) is 4.83. The molecule has 2 aromatic rings. The smallest absolute Gasteiger partial charge is 0.203 e. The van der Waals surface area contributed by atoms with Gasteiger partial charge in [0.15, 0.2) is 16.6 Å². The zero-order chi connectivity index (χ0) is 22.9. The number of hydrogen-bond donors (Lipinski definition) is 1. The van der Waals surface area contributed by atoms with Crippen LogP contribution in [0, 0.1) is 0 Å². The standard InChI is InChI=1S/C24H32N2O5S/c1-5-30-19-10-8-18(9-11-19)25-24(32)26(16-20-7-6-12-31-20)15-17-13-21(27-2)23(29-4)22(14-17)28-3/h8-11,13-14,20H,5-7,12,15-16H2,1-4H3,(H,25,32). The average molecular weight is 461 g/mol. The van der Waals surface area contributed by atoms with Crippen LogP contribution in [0.3, 0.4) is 0 Å². The first-order chi connectivity index (χ1) is 15.6. The van der Waals surface area contributed by atoms with Crippen molar-refractivity contribution in [1.29, 1.82) is 0 Å². The van der Waals surface area contributed by atoms with Crippen molar-refractivity contribution in [3.63, 3.8) is 0 Å². The molecule has 1 atom stereocenters. The molecule has 1 unspecified atom stereocenters. The highest BCUT2D eigenvalue weighted by molar-refractivity contribution is 7.80. The molecule has 1 aliphatic heterocycles. The molecule has 0 amide bonds. The molecule has 1 saturated heterocycles. The van der Waals surface area contributed by atoms with E-state index < -0.39 is 0 Å². The molecule has 1 aliphatic rings. The number of methoxy groups -OCH3 is 3. The second-order valence-corrected chi connectivity index (χ2v) is 7.82. The Balaban J connectivity index is 1.80. The second-order valence-electron chi connectivity index (χ2n) is 7.44. The number of hydrogen-bond acceptors (Lipinski definition) is 6. The van der Waals surface area contributed by atoms with E-state index in [1.807, 2.05) is 43.3 Å². The number of anilines is 1. The van der Waals surface area contributed by atoms with Gasteiger partial charge in [0.05, 0.1) is 34.0 Å². The van der Waals surface area contributed by atoms with Gasteiger partial charge in [0.1, 0.15) is 5.75 Å². The third kappa shape index (κ3) is 6.17. The van der Waals surface area contributed by atoms with Crippen molar-refractivity contribution in [3.05, 3.63) is 42.0 Å². The molecule has 1 N–H and O–H groups in total. The minimum atomic E-state index is 0.150. The van der Waals surface area contributed by atoms with E-state index in [-0.39, 0.29) is 6.10 Å². The third-order valence-electron chi connectivity index (χ3n) is 5.25. The van der Waals surface area contributed by atoms with E-state index in [9.17, 15) is 0 Å². The van der Waals surface area contributed by atoms with Gasteiger partial charge in [0.2, 0.25) is 5.75 Å². The van der Waals surface area contributed by atoms with Crippen LogP contribution in [-0.2, 0) is 11.3 Å². The number of thiocarbonyl (C=S) groups is 1. The summed E-state index contributed by atoms with van der Waals surface area (Å²) in [6, 6.07) is 11.7. The van der Waals surface area contributed by atoms with E-state index in [0.717, 1.165) is 36.4 Å². The van der Waals surface area contributed by atoms with Crippen LogP contribution in [0.5, 0.6) is 23.0 Å². The van der Waals surface area contributed by atoms with E-state index in [0.29, 0.717) is 42.1 Å². The first kappa shape index (κ1) is 23.9. The Bertz CT molecular complexity index is 859. The first-order valence-electron chi connectivity index (χ1n) is 10.8. The van der Waals surface area contributed by atoms with Gasteiger partial charge in [-0.2, -0.15) is 0 Å². The van der Waals surface area contributed by atoms with Crippen LogP contribution >= 0.6 is 12.2 Å². The molecule has 1 heterocycles. The van der Waals surface area contributed by atoms with E-state index in [1.54, 1.807) is 21.3 Å². The van der Waals surface area contributed by atoms with Crippen LogP contribution in [0.25, 0.3) is 0 Å². The van der Waals surface area contributed by atoms with Crippen molar-refractivity contribution in [2.45, 2.75) is 32.4 Å². The zero-order valence-corrected chi connectivity index (χ0v) is 20.0. The van der Waals surface area contributed by atoms with Gasteiger partial charge in [-0.15, -0.1) is 0 Å². The predicted octanol–water partition coefficient (Wildman–Crippen LogP) is 4.49. The van der Waals surface area contributed by atoms with Crippen molar-refractivity contribution in [2.24, 2.45) is 0 Å². The molecule has 0 aromatic heterocycles. The van der Waals surface area contributed by atoms with Gasteiger partial charge < -0.3 is 33.9 Å². The molecular weight excluding hydrogens is 428 g/mol. The van der Waals surface area contributed by atoms with Crippen LogP contribution in [0.15, 0.2) is 36.4 Å². The summed E-state index contributed by atoms with van der Waals surface area (Å²) in [5, 5.41) is 3.97. The van der Waals surface area contributed by atoms with Crippen LogP contribution in [-0.4, -0.2) is 57.2 Å². The van der Waals surface area contributed by atoms with E-state index in [2.05, 4.69) is 10.2 Å². The average Bonchev–Trinajstić information content (AvgIpc) is 3.32. The Hall–Kier alpha value is -2.71. The highest BCUT2D eigenvalue weighted by atomic mass is 32.1. The zero-order valence-electron chi connectivity index (χ0n) is 19.2. The fraction of sp³-hybridized carbons (Fsp3) is 0.458. The van der Waals surface area contributed by atoms with E-state index >= 15 is 0 Å². The monoisotopic (exact) mass is 460 g/mol. The van der Waals surface area contributed by atoms with Gasteiger partial charge in [-0.25, -0.2) is 0 Å². The maximum Gasteiger partial charge on any atom is 0.203 e. The number of benzene rings is 2. The Labute approximate surface area is 195 Å². The lowest BCUT2D eigenvalue weighted by atomic mass is 10.1. The molecule has 0 aliphatic carbocycles. The minimum absolute atomic E-state index is 0.150. The summed E-state index contributed by atoms with van der Waals surface area (Å²) >= 11 is 5.79. The number of nitrogens with one attached hydrogen (secondary N) is 1. The van der Waals surface area contributed by atoms with Gasteiger partial charge >= 0.3 is 0 Å². The van der Waals surface area contributed by atoms with Gasteiger partial charge in [0, 0.05) is 25.4 Å². The predicted molar refractivity (Wildman–Crippen MR) is 129 cm³/mol. The molecule has 174 valence electrons. The highest BCUT2D eigenvalue weighted by Crippen LogP contribution is 2.38. The normalized spacial score (nSPS) is 15.2. The van der Waals surface area contributed by atoms with Crippen LogP contribution in [0.4, 0.5) is 5.69 Å². The third-order valence-corrected chi connectivity index (χ3v) is 5.61. The van der Waals surface area contributed by atoms with E-state index in [1.165, 1.54) is 0 Å². The van der Waals surface area contributed by atoms with Crippen molar-refractivity contribution in [2.75, 3.05) is 46.4 Å². The summed E-state index contributed by atoms with van der Waals surface area (Å²) in [6.07, 6.45) is 2.25. The molecule has 0 spiro atoms. The molecule has 0 radical (unpaired) electrons. The van der Waals surface area contributed by atoms with Crippen molar-refractivity contribution >= 4 is 23.0 Å². The lowest BCUT2D eigenvalue weighted by molar-refractivity contribution is 0.0905. The summed E-state index contributed by atoms with van der Waals surface area (Å²) in [5.74, 6) is 2.63. The Morgan fingerprint density at radius 1 is 1.09 bits per heavy atom. The molecule has 3 rings (SSSR count). The number of rotatable bonds is 10. The molecule has 0 bridgehead atoms. The van der Waals surface area contributed by atoms with Crippen LogP contribution < -0.4 is 24.3 Å². The highest BCUT2D eigenvalue weighted by Gasteiger charge is 2.22. The molecule has 0 saturated carbocycles. The SMILES string of the molecule is CCOc1ccc(NC(=S)N(Cc2cc(OC)c(OC)c(OC)c2)CC2CCCO2)cc1. The summed E-state index contributed by atoms with van der Waals surface area (Å²) in [6.45, 7) is 4.66. The lowest BCUT2D eigenvalue weighted by Gasteiger charge is -2.29. The van der Waals surface area contributed by atoms with Gasteiger partial charge in [0.25, 0.3) is 0 Å². The number of ether oxygens (including phenoxy) is 5. The molecular formula is C24H32N2O5S. The van der Waals surface area contributed by atoms with E-state index in [4.69, 9.17) is 35.9 Å². The number of nitrogens with zero attached hydrogens (tertiary/aromatic N) is 1. The Morgan fingerprint density at radius 2 is 1.78 bits per heavy atom. The maximum absolute atomic E-state index is 5.88. The van der Waals surface area contributed by atoms with Crippen molar-refractivity contribution < 1.29 is 23.7 Å². The van der Waals surface area contributed by atoms with Gasteiger partial charge in [-0.3, -0.25) is 0 Å². The molecule has 8 heteroatoms. The largest absolute Gasteiger partial charge is 0.494 e. The summed E-state index contributed by atoms with van der Waals surface area (Å²) in [5.41, 5.74) is 1.90. The van der Waals surface area contributed by atoms with Crippen LogP contribution in [0.2, 0.25) is 0 Å². The Morgan fingerprint density at radius 3 is 2.31 bits per heavy atom. The summed E-state index contributed by atoms with van der Waals surface area (Å²) < 4.78 is 27.9. The minimum Gasteiger partial charge on any atom is -0.494 e. The summed E-state index contributed by atoms with van der Waals surface area (Å²) in [4.78, 5) is 2.11. The first-order valence-corrected chi connectivity index (χ1v) is 11.2.